The molecule has 0 amide bonds. The van der Waals surface area contributed by atoms with E-state index in [0.717, 1.165) is 23.7 Å². The zero-order chi connectivity index (χ0) is 13.8. The van der Waals surface area contributed by atoms with Crippen LogP contribution in [0.15, 0.2) is 30.3 Å². The van der Waals surface area contributed by atoms with Gasteiger partial charge in [-0.2, -0.15) is 5.10 Å². The van der Waals surface area contributed by atoms with Crippen LogP contribution < -0.4 is 4.90 Å². The SMILES string of the molecule is S=c1[nH]nc(C[NH+]2CCCCC2)n1Cc1ccccc1. The van der Waals surface area contributed by atoms with Gasteiger partial charge in [0.05, 0.1) is 19.6 Å². The summed E-state index contributed by atoms with van der Waals surface area (Å²) in [5, 5.41) is 7.38. The largest absolute Gasteiger partial charge is 0.329 e. The molecule has 0 unspecified atom stereocenters. The van der Waals surface area contributed by atoms with E-state index in [9.17, 15) is 0 Å². The van der Waals surface area contributed by atoms with Crippen molar-refractivity contribution in [2.24, 2.45) is 0 Å². The second kappa shape index (κ2) is 6.33. The molecule has 1 aromatic carbocycles. The number of piperidine rings is 1. The molecular weight excluding hydrogens is 268 g/mol. The van der Waals surface area contributed by atoms with E-state index in [2.05, 4.69) is 39.0 Å². The number of benzene rings is 1. The van der Waals surface area contributed by atoms with Gasteiger partial charge in [-0.25, -0.2) is 0 Å². The molecule has 4 nitrogen and oxygen atoms in total. The summed E-state index contributed by atoms with van der Waals surface area (Å²) in [5.41, 5.74) is 1.26. The third kappa shape index (κ3) is 3.16. The molecule has 0 atom stereocenters. The number of nitrogens with one attached hydrogen (secondary N) is 2. The first-order valence-corrected chi connectivity index (χ1v) is 7.75. The van der Waals surface area contributed by atoms with Crippen molar-refractivity contribution in [2.45, 2.75) is 32.4 Å². The summed E-state index contributed by atoms with van der Waals surface area (Å²) in [6.45, 7) is 4.29. The van der Waals surface area contributed by atoms with Crippen LogP contribution in [-0.2, 0) is 13.1 Å². The van der Waals surface area contributed by atoms with Crippen molar-refractivity contribution in [1.82, 2.24) is 14.8 Å². The van der Waals surface area contributed by atoms with Crippen molar-refractivity contribution in [2.75, 3.05) is 13.1 Å². The van der Waals surface area contributed by atoms with Gasteiger partial charge in [0.1, 0.15) is 6.54 Å². The van der Waals surface area contributed by atoms with Crippen LogP contribution in [0.4, 0.5) is 0 Å². The van der Waals surface area contributed by atoms with Crippen LogP contribution in [0.5, 0.6) is 0 Å². The predicted molar refractivity (Wildman–Crippen MR) is 81.2 cm³/mol. The van der Waals surface area contributed by atoms with Gasteiger partial charge in [0.15, 0.2) is 10.6 Å². The fraction of sp³-hybridized carbons (Fsp3) is 0.467. The highest BCUT2D eigenvalue weighted by molar-refractivity contribution is 7.71. The second-order valence-corrected chi connectivity index (χ2v) is 5.89. The van der Waals surface area contributed by atoms with Gasteiger partial charge in [0.25, 0.3) is 0 Å². The predicted octanol–water partition coefficient (Wildman–Crippen LogP) is 1.56. The van der Waals surface area contributed by atoms with Crippen LogP contribution in [-0.4, -0.2) is 27.9 Å². The molecule has 3 rings (SSSR count). The Morgan fingerprint density at radius 2 is 1.90 bits per heavy atom. The fourth-order valence-corrected chi connectivity index (χ4v) is 3.08. The molecule has 106 valence electrons. The summed E-state index contributed by atoms with van der Waals surface area (Å²) in [6, 6.07) is 10.4. The molecule has 0 bridgehead atoms. The molecule has 0 aliphatic carbocycles. The third-order valence-electron chi connectivity index (χ3n) is 3.99. The Kier molecular flexibility index (Phi) is 4.28. The number of hydrogen-bond donors (Lipinski definition) is 2. The van der Waals surface area contributed by atoms with E-state index in [4.69, 9.17) is 12.2 Å². The van der Waals surface area contributed by atoms with E-state index in [1.165, 1.54) is 37.9 Å². The molecule has 2 N–H and O–H groups in total. The number of quaternary nitrogens is 1. The van der Waals surface area contributed by atoms with Crippen molar-refractivity contribution < 1.29 is 4.90 Å². The van der Waals surface area contributed by atoms with Crippen LogP contribution >= 0.6 is 12.2 Å². The first kappa shape index (κ1) is 13.5. The summed E-state index contributed by atoms with van der Waals surface area (Å²) >= 11 is 5.38. The van der Waals surface area contributed by atoms with E-state index in [1.54, 1.807) is 4.90 Å². The molecule has 5 heteroatoms. The highest BCUT2D eigenvalue weighted by Crippen LogP contribution is 2.06. The van der Waals surface area contributed by atoms with E-state index in [1.807, 2.05) is 6.07 Å². The maximum atomic E-state index is 5.38. The quantitative estimate of drug-likeness (QED) is 0.838. The Bertz CT molecular complexity index is 596. The molecule has 1 aliphatic heterocycles. The number of nitrogens with zero attached hydrogens (tertiary/aromatic N) is 2. The van der Waals surface area contributed by atoms with Gasteiger partial charge in [-0.3, -0.25) is 9.67 Å². The molecule has 2 heterocycles. The minimum Gasteiger partial charge on any atom is -0.329 e. The lowest BCUT2D eigenvalue weighted by atomic mass is 10.1. The maximum Gasteiger partial charge on any atom is 0.195 e. The van der Waals surface area contributed by atoms with Gasteiger partial charge in [0.2, 0.25) is 0 Å². The smallest absolute Gasteiger partial charge is 0.195 e. The van der Waals surface area contributed by atoms with Crippen LogP contribution in [0.3, 0.4) is 0 Å². The maximum absolute atomic E-state index is 5.38. The fourth-order valence-electron chi connectivity index (χ4n) is 2.87. The van der Waals surface area contributed by atoms with Gasteiger partial charge in [-0.05, 0) is 37.0 Å². The number of hydrogen-bond acceptors (Lipinski definition) is 2. The van der Waals surface area contributed by atoms with Crippen molar-refractivity contribution in [3.05, 3.63) is 46.5 Å². The summed E-state index contributed by atoms with van der Waals surface area (Å²) < 4.78 is 2.85. The van der Waals surface area contributed by atoms with Crippen LogP contribution in [0, 0.1) is 4.77 Å². The molecular formula is C15H21N4S+. The van der Waals surface area contributed by atoms with E-state index < -0.39 is 0 Å². The second-order valence-electron chi connectivity index (χ2n) is 5.50. The Balaban J connectivity index is 1.76. The first-order chi connectivity index (χ1) is 9.83. The summed E-state index contributed by atoms with van der Waals surface area (Å²) in [6.07, 6.45) is 4.04. The van der Waals surface area contributed by atoms with Crippen LogP contribution in [0.25, 0.3) is 0 Å². The monoisotopic (exact) mass is 289 g/mol. The van der Waals surface area contributed by atoms with Gasteiger partial charge in [-0.15, -0.1) is 0 Å². The molecule has 2 aromatic rings. The Morgan fingerprint density at radius 3 is 2.65 bits per heavy atom. The lowest BCUT2D eigenvalue weighted by Crippen LogP contribution is -3.11. The number of aromatic amines is 1. The molecule has 0 saturated carbocycles. The minimum atomic E-state index is 0.722. The topological polar surface area (TPSA) is 38.0 Å². The highest BCUT2D eigenvalue weighted by Gasteiger charge is 2.17. The number of rotatable bonds is 4. The molecule has 20 heavy (non-hydrogen) atoms. The Morgan fingerprint density at radius 1 is 1.15 bits per heavy atom. The van der Waals surface area contributed by atoms with Gasteiger partial charge in [-0.1, -0.05) is 30.3 Å². The average molecular weight is 289 g/mol. The summed E-state index contributed by atoms with van der Waals surface area (Å²) in [7, 11) is 0. The number of likely N-dealkylation sites (tertiary alicyclic amines) is 1. The first-order valence-electron chi connectivity index (χ1n) is 7.34. The number of H-pyrrole nitrogens is 1. The zero-order valence-corrected chi connectivity index (χ0v) is 12.5. The van der Waals surface area contributed by atoms with Gasteiger partial charge >= 0.3 is 0 Å². The molecule has 1 fully saturated rings. The summed E-state index contributed by atoms with van der Waals surface area (Å²) in [4.78, 5) is 1.62. The Hall–Kier alpha value is -1.46. The lowest BCUT2D eigenvalue weighted by molar-refractivity contribution is -0.919. The zero-order valence-electron chi connectivity index (χ0n) is 11.6. The molecule has 0 radical (unpaired) electrons. The van der Waals surface area contributed by atoms with Crippen molar-refractivity contribution >= 4 is 12.2 Å². The van der Waals surface area contributed by atoms with Crippen molar-refractivity contribution in [1.29, 1.82) is 0 Å². The van der Waals surface area contributed by atoms with Gasteiger partial charge < -0.3 is 4.90 Å². The molecule has 1 aromatic heterocycles. The summed E-state index contributed by atoms with van der Waals surface area (Å²) in [5.74, 6) is 1.08. The van der Waals surface area contributed by atoms with Crippen LogP contribution in [0.1, 0.15) is 30.7 Å². The molecule has 1 saturated heterocycles. The third-order valence-corrected chi connectivity index (χ3v) is 4.30. The Labute approximate surface area is 124 Å². The highest BCUT2D eigenvalue weighted by atomic mass is 32.1. The molecule has 0 spiro atoms. The van der Waals surface area contributed by atoms with E-state index >= 15 is 0 Å². The number of aromatic nitrogens is 3. The normalized spacial score (nSPS) is 16.4. The average Bonchev–Trinajstić information content (AvgIpc) is 2.83. The van der Waals surface area contributed by atoms with Gasteiger partial charge in [0, 0.05) is 0 Å². The standard InChI is InChI=1S/C15H20N4S/c20-15-17-16-14(12-18-9-5-2-6-10-18)19(15)11-13-7-3-1-4-8-13/h1,3-4,7-8H,2,5-6,9-12H2,(H,17,20)/p+1. The van der Waals surface area contributed by atoms with Crippen molar-refractivity contribution in [3.8, 4) is 0 Å². The molecule has 1 aliphatic rings. The lowest BCUT2D eigenvalue weighted by Gasteiger charge is -2.23. The van der Waals surface area contributed by atoms with Crippen molar-refractivity contribution in [3.63, 3.8) is 0 Å². The van der Waals surface area contributed by atoms with E-state index in [-0.39, 0.29) is 0 Å². The van der Waals surface area contributed by atoms with E-state index in [0.29, 0.717) is 0 Å². The minimum absolute atomic E-state index is 0.722. The van der Waals surface area contributed by atoms with Crippen LogP contribution in [0.2, 0.25) is 0 Å².